The second kappa shape index (κ2) is 9.45. The van der Waals surface area contributed by atoms with Gasteiger partial charge in [0.05, 0.1) is 36.5 Å². The van der Waals surface area contributed by atoms with Crippen molar-refractivity contribution >= 4 is 28.6 Å². The monoisotopic (exact) mass is 393 g/mol. The van der Waals surface area contributed by atoms with E-state index in [1.807, 2.05) is 25.3 Å². The lowest BCUT2D eigenvalue weighted by Gasteiger charge is -2.34. The highest BCUT2D eigenvalue weighted by atomic mass is 32.1. The van der Waals surface area contributed by atoms with Gasteiger partial charge < -0.3 is 15.4 Å². The summed E-state index contributed by atoms with van der Waals surface area (Å²) in [5, 5.41) is 10.2. The van der Waals surface area contributed by atoms with Crippen LogP contribution in [0.1, 0.15) is 26.5 Å². The summed E-state index contributed by atoms with van der Waals surface area (Å²) in [6.45, 7) is 9.21. The van der Waals surface area contributed by atoms with Crippen LogP contribution in [0, 0.1) is 13.8 Å². The predicted octanol–water partition coefficient (Wildman–Crippen LogP) is 2.56. The molecule has 2 aromatic heterocycles. The van der Waals surface area contributed by atoms with Crippen LogP contribution in [0.15, 0.2) is 22.5 Å². The average Bonchev–Trinajstić information content (AvgIpc) is 3.28. The summed E-state index contributed by atoms with van der Waals surface area (Å²) in [4.78, 5) is 14.0. The lowest BCUT2D eigenvalue weighted by molar-refractivity contribution is 0.0177. The van der Waals surface area contributed by atoms with Crippen LogP contribution in [0.25, 0.3) is 0 Å². The minimum Gasteiger partial charge on any atom is -0.379 e. The fraction of sp³-hybridized carbons (Fsp3) is 0.556. The number of aromatic nitrogens is 1. The van der Waals surface area contributed by atoms with Crippen LogP contribution in [-0.2, 0) is 11.3 Å². The van der Waals surface area contributed by atoms with Crippen LogP contribution >= 0.6 is 22.7 Å². The summed E-state index contributed by atoms with van der Waals surface area (Å²) in [6.07, 6.45) is 0. The minimum atomic E-state index is 0.338. The van der Waals surface area contributed by atoms with Gasteiger partial charge in [0.15, 0.2) is 5.96 Å². The fourth-order valence-electron chi connectivity index (χ4n) is 3.10. The third-order valence-corrected chi connectivity index (χ3v) is 6.51. The van der Waals surface area contributed by atoms with Crippen molar-refractivity contribution in [3.05, 3.63) is 38.0 Å². The Balaban J connectivity index is 1.58. The predicted molar refractivity (Wildman–Crippen MR) is 109 cm³/mol. The van der Waals surface area contributed by atoms with E-state index in [9.17, 15) is 0 Å². The van der Waals surface area contributed by atoms with Crippen molar-refractivity contribution in [1.29, 1.82) is 0 Å². The van der Waals surface area contributed by atoms with Crippen molar-refractivity contribution in [2.45, 2.75) is 26.4 Å². The summed E-state index contributed by atoms with van der Waals surface area (Å²) >= 11 is 3.54. The van der Waals surface area contributed by atoms with Gasteiger partial charge in [-0.25, -0.2) is 4.98 Å². The molecule has 0 spiro atoms. The number of rotatable bonds is 6. The van der Waals surface area contributed by atoms with Gasteiger partial charge in [0, 0.05) is 36.4 Å². The minimum absolute atomic E-state index is 0.338. The molecule has 0 radical (unpaired) electrons. The number of guanidine groups is 1. The first-order chi connectivity index (χ1) is 12.7. The summed E-state index contributed by atoms with van der Waals surface area (Å²) in [6, 6.07) is 4.67. The number of nitrogens with one attached hydrogen (secondary N) is 2. The molecule has 0 saturated carbocycles. The molecule has 0 amide bonds. The summed E-state index contributed by atoms with van der Waals surface area (Å²) < 4.78 is 5.52. The molecule has 3 heterocycles. The highest BCUT2D eigenvalue weighted by Crippen LogP contribution is 2.25. The van der Waals surface area contributed by atoms with Crippen LogP contribution < -0.4 is 10.6 Å². The van der Waals surface area contributed by atoms with Gasteiger partial charge in [-0.2, -0.15) is 0 Å². The van der Waals surface area contributed by atoms with E-state index in [2.05, 4.69) is 49.9 Å². The molecule has 2 aromatic rings. The van der Waals surface area contributed by atoms with Crippen molar-refractivity contribution in [2.75, 3.05) is 39.9 Å². The van der Waals surface area contributed by atoms with E-state index in [1.54, 1.807) is 11.3 Å². The lowest BCUT2D eigenvalue weighted by atomic mass is 10.2. The Morgan fingerprint density at radius 1 is 1.35 bits per heavy atom. The highest BCUT2D eigenvalue weighted by molar-refractivity contribution is 7.11. The van der Waals surface area contributed by atoms with E-state index >= 15 is 0 Å². The Morgan fingerprint density at radius 2 is 2.15 bits per heavy atom. The topological polar surface area (TPSA) is 61.8 Å². The van der Waals surface area contributed by atoms with Gasteiger partial charge in [0.25, 0.3) is 0 Å². The molecule has 1 aliphatic rings. The first kappa shape index (κ1) is 19.3. The molecule has 1 fully saturated rings. The molecular formula is C18H27N5OS2. The van der Waals surface area contributed by atoms with E-state index in [-0.39, 0.29) is 0 Å². The molecule has 2 N–H and O–H groups in total. The number of nitrogens with zero attached hydrogens (tertiary/aromatic N) is 3. The van der Waals surface area contributed by atoms with E-state index in [1.165, 1.54) is 9.75 Å². The quantitative estimate of drug-likeness (QED) is 0.583. The number of ether oxygens (including phenoxy) is 1. The molecule has 1 saturated heterocycles. The first-order valence-electron chi connectivity index (χ1n) is 8.90. The first-order valence-corrected chi connectivity index (χ1v) is 10.6. The van der Waals surface area contributed by atoms with E-state index in [4.69, 9.17) is 4.74 Å². The zero-order valence-electron chi connectivity index (χ0n) is 15.6. The summed E-state index contributed by atoms with van der Waals surface area (Å²) in [5.74, 6) is 0.824. The van der Waals surface area contributed by atoms with Gasteiger partial charge in [-0.1, -0.05) is 6.07 Å². The number of aliphatic imine (C=N–C) groups is 1. The molecule has 26 heavy (non-hydrogen) atoms. The van der Waals surface area contributed by atoms with Crippen LogP contribution in [0.2, 0.25) is 0 Å². The molecule has 0 aromatic carbocycles. The number of hydrogen-bond acceptors (Lipinski definition) is 6. The molecule has 1 aliphatic heterocycles. The maximum Gasteiger partial charge on any atom is 0.191 e. The van der Waals surface area contributed by atoms with Gasteiger partial charge in [0.1, 0.15) is 0 Å². The van der Waals surface area contributed by atoms with E-state index < -0.39 is 0 Å². The smallest absolute Gasteiger partial charge is 0.191 e. The zero-order chi connectivity index (χ0) is 18.4. The Kier molecular flexibility index (Phi) is 7.01. The Morgan fingerprint density at radius 3 is 2.77 bits per heavy atom. The summed E-state index contributed by atoms with van der Waals surface area (Å²) in [5.41, 5.74) is 1.10. The van der Waals surface area contributed by atoms with Gasteiger partial charge in [-0.3, -0.25) is 9.89 Å². The van der Waals surface area contributed by atoms with Crippen LogP contribution in [0.3, 0.4) is 0 Å². The standard InChI is InChI=1S/C18H27N5OS2/c1-13-17(26-14(2)22-13)12-21-18(19-3)20-11-15(16-5-4-10-25-16)23-6-8-24-9-7-23/h4-5,10,15H,6-9,11-12H2,1-3H3,(H2,19,20,21). The number of morpholine rings is 1. The Bertz CT molecular complexity index is 707. The zero-order valence-corrected chi connectivity index (χ0v) is 17.3. The van der Waals surface area contributed by atoms with Gasteiger partial charge in [-0.05, 0) is 25.3 Å². The third kappa shape index (κ3) is 5.03. The van der Waals surface area contributed by atoms with Crippen LogP contribution in [0.5, 0.6) is 0 Å². The molecule has 142 valence electrons. The van der Waals surface area contributed by atoms with Crippen LogP contribution in [-0.4, -0.2) is 55.7 Å². The van der Waals surface area contributed by atoms with Gasteiger partial charge >= 0.3 is 0 Å². The van der Waals surface area contributed by atoms with Crippen molar-refractivity contribution in [1.82, 2.24) is 20.5 Å². The second-order valence-electron chi connectivity index (χ2n) is 6.23. The fourth-order valence-corrected chi connectivity index (χ4v) is 4.83. The van der Waals surface area contributed by atoms with Crippen molar-refractivity contribution in [3.63, 3.8) is 0 Å². The Hall–Kier alpha value is -1.48. The SMILES string of the molecule is CN=C(NCc1sc(C)nc1C)NCC(c1cccs1)N1CCOCC1. The number of thiazole rings is 1. The normalized spacial score (nSPS) is 17.3. The molecule has 3 rings (SSSR count). The maximum absolute atomic E-state index is 5.52. The number of thiophene rings is 1. The molecule has 8 heteroatoms. The maximum atomic E-state index is 5.52. The van der Waals surface area contributed by atoms with E-state index in [0.29, 0.717) is 6.04 Å². The molecule has 0 bridgehead atoms. The largest absolute Gasteiger partial charge is 0.379 e. The number of hydrogen-bond donors (Lipinski definition) is 2. The molecule has 6 nitrogen and oxygen atoms in total. The second-order valence-corrected chi connectivity index (χ2v) is 8.49. The number of aryl methyl sites for hydroxylation is 2. The molecule has 1 atom stereocenters. The molecule has 1 unspecified atom stereocenters. The molecular weight excluding hydrogens is 366 g/mol. The van der Waals surface area contributed by atoms with E-state index in [0.717, 1.165) is 56.1 Å². The molecule has 0 aliphatic carbocycles. The van der Waals surface area contributed by atoms with Crippen LogP contribution in [0.4, 0.5) is 0 Å². The Labute approximate surface area is 163 Å². The van der Waals surface area contributed by atoms with Gasteiger partial charge in [-0.15, -0.1) is 22.7 Å². The summed E-state index contributed by atoms with van der Waals surface area (Å²) in [7, 11) is 1.81. The van der Waals surface area contributed by atoms with Gasteiger partial charge in [0.2, 0.25) is 0 Å². The van der Waals surface area contributed by atoms with Crippen molar-refractivity contribution < 1.29 is 4.74 Å². The average molecular weight is 394 g/mol. The highest BCUT2D eigenvalue weighted by Gasteiger charge is 2.23. The third-order valence-electron chi connectivity index (χ3n) is 4.46. The van der Waals surface area contributed by atoms with Crippen molar-refractivity contribution in [2.24, 2.45) is 4.99 Å². The van der Waals surface area contributed by atoms with Crippen molar-refractivity contribution in [3.8, 4) is 0 Å². The lowest BCUT2D eigenvalue weighted by Crippen LogP contribution is -2.46.